The van der Waals surface area contributed by atoms with Crippen LogP contribution >= 0.6 is 22.9 Å². The van der Waals surface area contributed by atoms with Gasteiger partial charge in [-0.1, -0.05) is 17.7 Å². The number of hydrogen-bond acceptors (Lipinski definition) is 3. The molecule has 0 amide bonds. The van der Waals surface area contributed by atoms with Crippen LogP contribution < -0.4 is 0 Å². The van der Waals surface area contributed by atoms with Gasteiger partial charge in [-0.25, -0.2) is 4.98 Å². The van der Waals surface area contributed by atoms with Crippen molar-refractivity contribution in [2.75, 3.05) is 0 Å². The highest BCUT2D eigenvalue weighted by molar-refractivity contribution is 7.07. The van der Waals surface area contributed by atoms with Gasteiger partial charge in [-0.3, -0.25) is 4.79 Å². The smallest absolute Gasteiger partial charge is 0.150 e. The maximum atomic E-state index is 10.8. The molecule has 4 heteroatoms. The molecule has 1 aromatic heterocycles. The van der Waals surface area contributed by atoms with Gasteiger partial charge in [0.2, 0.25) is 0 Å². The van der Waals surface area contributed by atoms with Gasteiger partial charge in [0.15, 0.2) is 6.29 Å². The normalized spacial score (nSPS) is 10.1. The molecule has 0 atom stereocenters. The summed E-state index contributed by atoms with van der Waals surface area (Å²) in [7, 11) is 0. The van der Waals surface area contributed by atoms with E-state index in [1.807, 2.05) is 5.38 Å². The maximum absolute atomic E-state index is 10.8. The van der Waals surface area contributed by atoms with Crippen LogP contribution in [0, 0.1) is 0 Å². The number of benzene rings is 1. The fraction of sp³-hybridized carbons (Fsp3) is 0. The highest BCUT2D eigenvalue weighted by Crippen LogP contribution is 2.24. The average molecular weight is 224 g/mol. The molecule has 0 saturated carbocycles. The summed E-state index contributed by atoms with van der Waals surface area (Å²) in [5.41, 5.74) is 3.95. The van der Waals surface area contributed by atoms with E-state index < -0.39 is 0 Å². The first-order valence-electron chi connectivity index (χ1n) is 3.94. The second-order valence-corrected chi connectivity index (χ2v) is 3.88. The van der Waals surface area contributed by atoms with E-state index in [4.69, 9.17) is 11.6 Å². The summed E-state index contributed by atoms with van der Waals surface area (Å²) >= 11 is 7.28. The van der Waals surface area contributed by atoms with Crippen LogP contribution in [-0.2, 0) is 0 Å². The van der Waals surface area contributed by atoms with Crippen LogP contribution in [0.2, 0.25) is 5.02 Å². The third-order valence-corrected chi connectivity index (χ3v) is 2.67. The Kier molecular flexibility index (Phi) is 2.61. The van der Waals surface area contributed by atoms with E-state index in [-0.39, 0.29) is 0 Å². The Bertz CT molecular complexity index is 453. The number of nitrogens with zero attached hydrogens (tertiary/aromatic N) is 1. The molecule has 0 N–H and O–H groups in total. The second kappa shape index (κ2) is 3.90. The molecule has 0 bridgehead atoms. The Hall–Kier alpha value is -1.19. The molecule has 0 radical (unpaired) electrons. The van der Waals surface area contributed by atoms with E-state index in [2.05, 4.69) is 4.98 Å². The third-order valence-electron chi connectivity index (χ3n) is 1.85. The molecule has 0 unspecified atom stereocenters. The summed E-state index contributed by atoms with van der Waals surface area (Å²) in [4.78, 5) is 14.9. The first-order chi connectivity index (χ1) is 6.81. The Labute approximate surface area is 90.2 Å². The van der Waals surface area contributed by atoms with E-state index in [0.717, 1.165) is 17.5 Å². The minimum Gasteiger partial charge on any atom is -0.298 e. The van der Waals surface area contributed by atoms with Crippen molar-refractivity contribution in [2.45, 2.75) is 0 Å². The number of aldehydes is 1. The van der Waals surface area contributed by atoms with Gasteiger partial charge in [-0.2, -0.15) is 0 Å². The minimum absolute atomic E-state index is 0.561. The van der Waals surface area contributed by atoms with Gasteiger partial charge in [0.1, 0.15) is 0 Å². The number of thiazole rings is 1. The zero-order valence-electron chi connectivity index (χ0n) is 7.11. The first-order valence-corrected chi connectivity index (χ1v) is 5.26. The van der Waals surface area contributed by atoms with Crippen molar-refractivity contribution in [3.05, 3.63) is 39.7 Å². The lowest BCUT2D eigenvalue weighted by Crippen LogP contribution is -1.87. The first kappa shape index (κ1) is 9.37. The van der Waals surface area contributed by atoms with Crippen molar-refractivity contribution in [2.24, 2.45) is 0 Å². The monoisotopic (exact) mass is 223 g/mol. The largest absolute Gasteiger partial charge is 0.298 e. The fourth-order valence-electron chi connectivity index (χ4n) is 1.21. The number of aromatic nitrogens is 1. The minimum atomic E-state index is 0.561. The van der Waals surface area contributed by atoms with Crippen molar-refractivity contribution in [1.29, 1.82) is 0 Å². The Morgan fingerprint density at radius 1 is 1.43 bits per heavy atom. The van der Waals surface area contributed by atoms with Crippen molar-refractivity contribution in [3.63, 3.8) is 0 Å². The summed E-state index contributed by atoms with van der Waals surface area (Å²) in [6.07, 6.45) is 0.792. The Morgan fingerprint density at radius 2 is 2.29 bits per heavy atom. The van der Waals surface area contributed by atoms with E-state index in [0.29, 0.717) is 10.6 Å². The van der Waals surface area contributed by atoms with E-state index in [1.54, 1.807) is 23.7 Å². The quantitative estimate of drug-likeness (QED) is 0.732. The average Bonchev–Trinajstić information content (AvgIpc) is 2.70. The third kappa shape index (κ3) is 1.69. The van der Waals surface area contributed by atoms with Gasteiger partial charge in [0.05, 0.1) is 11.2 Å². The predicted molar refractivity (Wildman–Crippen MR) is 57.9 cm³/mol. The zero-order valence-corrected chi connectivity index (χ0v) is 8.68. The van der Waals surface area contributed by atoms with Crippen LogP contribution in [0.25, 0.3) is 11.3 Å². The predicted octanol–water partition coefficient (Wildman–Crippen LogP) is 3.28. The number of hydrogen-bond donors (Lipinski definition) is 0. The van der Waals surface area contributed by atoms with Crippen LogP contribution in [0.4, 0.5) is 0 Å². The van der Waals surface area contributed by atoms with Gasteiger partial charge in [-0.05, 0) is 12.1 Å². The number of carbonyl (C=O) groups excluding carboxylic acids is 1. The maximum Gasteiger partial charge on any atom is 0.150 e. The Balaban J connectivity index is 2.58. The molecule has 0 aliphatic heterocycles. The molecule has 1 aromatic carbocycles. The molecule has 2 aromatic rings. The zero-order chi connectivity index (χ0) is 9.97. The standard InChI is InChI=1S/C10H6ClNOS/c11-8-1-2-9(7(3-8)4-13)10-5-14-6-12-10/h1-6H. The topological polar surface area (TPSA) is 30.0 Å². The lowest BCUT2D eigenvalue weighted by atomic mass is 10.1. The van der Waals surface area contributed by atoms with E-state index in [1.165, 1.54) is 11.3 Å². The van der Waals surface area contributed by atoms with Gasteiger partial charge in [0, 0.05) is 21.5 Å². The lowest BCUT2D eigenvalue weighted by molar-refractivity contribution is 0.112. The molecule has 1 heterocycles. The van der Waals surface area contributed by atoms with E-state index >= 15 is 0 Å². The molecule has 0 aliphatic rings. The van der Waals surface area contributed by atoms with Gasteiger partial charge in [-0.15, -0.1) is 11.3 Å². The molecular weight excluding hydrogens is 218 g/mol. The molecule has 0 fully saturated rings. The van der Waals surface area contributed by atoms with Crippen molar-refractivity contribution in [1.82, 2.24) is 4.98 Å². The lowest BCUT2D eigenvalue weighted by Gasteiger charge is -2.01. The SMILES string of the molecule is O=Cc1cc(Cl)ccc1-c1cscn1. The highest BCUT2D eigenvalue weighted by atomic mass is 35.5. The molecule has 0 spiro atoms. The van der Waals surface area contributed by atoms with Crippen molar-refractivity contribution >= 4 is 29.2 Å². The Morgan fingerprint density at radius 3 is 2.93 bits per heavy atom. The molecule has 2 nitrogen and oxygen atoms in total. The molecular formula is C10H6ClNOS. The molecule has 2 rings (SSSR count). The highest BCUT2D eigenvalue weighted by Gasteiger charge is 2.06. The van der Waals surface area contributed by atoms with Crippen molar-refractivity contribution < 1.29 is 4.79 Å². The van der Waals surface area contributed by atoms with Crippen LogP contribution in [0.15, 0.2) is 29.1 Å². The van der Waals surface area contributed by atoms with E-state index in [9.17, 15) is 4.79 Å². The van der Waals surface area contributed by atoms with Crippen LogP contribution in [-0.4, -0.2) is 11.3 Å². The summed E-state index contributed by atoms with van der Waals surface area (Å²) in [5.74, 6) is 0. The molecule has 0 saturated heterocycles. The van der Waals surface area contributed by atoms with Gasteiger partial charge < -0.3 is 0 Å². The summed E-state index contributed by atoms with van der Waals surface area (Å²) in [6, 6.07) is 5.20. The van der Waals surface area contributed by atoms with Crippen LogP contribution in [0.5, 0.6) is 0 Å². The summed E-state index contributed by atoms with van der Waals surface area (Å²) < 4.78 is 0. The second-order valence-electron chi connectivity index (χ2n) is 2.72. The number of rotatable bonds is 2. The van der Waals surface area contributed by atoms with Crippen LogP contribution in [0.1, 0.15) is 10.4 Å². The van der Waals surface area contributed by atoms with Crippen LogP contribution in [0.3, 0.4) is 0 Å². The number of carbonyl (C=O) groups is 1. The van der Waals surface area contributed by atoms with Gasteiger partial charge in [0.25, 0.3) is 0 Å². The molecule has 0 aliphatic carbocycles. The molecule has 70 valence electrons. The van der Waals surface area contributed by atoms with Gasteiger partial charge >= 0.3 is 0 Å². The fourth-order valence-corrected chi connectivity index (χ4v) is 1.94. The molecule has 14 heavy (non-hydrogen) atoms. The summed E-state index contributed by atoms with van der Waals surface area (Å²) in [6.45, 7) is 0. The van der Waals surface area contributed by atoms with Crippen molar-refractivity contribution in [3.8, 4) is 11.3 Å². The summed E-state index contributed by atoms with van der Waals surface area (Å²) in [5, 5.41) is 2.46. The number of halogens is 1.